The summed E-state index contributed by atoms with van der Waals surface area (Å²) in [5, 5.41) is 0. The summed E-state index contributed by atoms with van der Waals surface area (Å²) >= 11 is 0. The molecule has 0 radical (unpaired) electrons. The van der Waals surface area contributed by atoms with Crippen LogP contribution in [-0.4, -0.2) is 54.7 Å². The van der Waals surface area contributed by atoms with Gasteiger partial charge in [-0.15, -0.1) is 0 Å². The molecule has 2 aliphatic heterocycles. The molecule has 0 spiro atoms. The van der Waals surface area contributed by atoms with Crippen LogP contribution in [0.3, 0.4) is 0 Å². The van der Waals surface area contributed by atoms with Crippen molar-refractivity contribution in [3.05, 3.63) is 29.3 Å². The first-order valence-corrected chi connectivity index (χ1v) is 8.07. The molecule has 1 unspecified atom stereocenters. The molecular formula is C17H27N3O. The number of benzene rings is 1. The van der Waals surface area contributed by atoms with Crippen molar-refractivity contribution in [3.8, 4) is 0 Å². The first kappa shape index (κ1) is 14.8. The van der Waals surface area contributed by atoms with Gasteiger partial charge < -0.3 is 10.5 Å². The van der Waals surface area contributed by atoms with Crippen LogP contribution in [0.1, 0.15) is 25.0 Å². The van der Waals surface area contributed by atoms with E-state index >= 15 is 0 Å². The molecule has 1 fully saturated rings. The van der Waals surface area contributed by atoms with E-state index in [2.05, 4.69) is 35.8 Å². The molecule has 1 saturated heterocycles. The maximum Gasteiger partial charge on any atom is 0.0829 e. The van der Waals surface area contributed by atoms with E-state index < -0.39 is 0 Å². The zero-order valence-electron chi connectivity index (χ0n) is 13.2. The number of nitrogens with zero attached hydrogens (tertiary/aromatic N) is 2. The van der Waals surface area contributed by atoms with Crippen molar-refractivity contribution in [1.82, 2.24) is 9.80 Å². The molecular weight excluding hydrogens is 262 g/mol. The number of nitrogens with two attached hydrogens (primary N) is 1. The summed E-state index contributed by atoms with van der Waals surface area (Å²) in [6, 6.07) is 6.90. The van der Waals surface area contributed by atoms with Gasteiger partial charge in [-0.2, -0.15) is 0 Å². The van der Waals surface area contributed by atoms with Crippen molar-refractivity contribution in [2.45, 2.75) is 39.0 Å². The Labute approximate surface area is 127 Å². The summed E-state index contributed by atoms with van der Waals surface area (Å²) in [6.45, 7) is 10.6. The number of fused-ring (bicyclic) bond motifs is 1. The quantitative estimate of drug-likeness (QED) is 0.861. The Balaban J connectivity index is 1.59. The van der Waals surface area contributed by atoms with E-state index in [9.17, 15) is 0 Å². The fourth-order valence-electron chi connectivity index (χ4n) is 3.46. The van der Waals surface area contributed by atoms with Gasteiger partial charge in [-0.3, -0.25) is 9.80 Å². The molecule has 116 valence electrons. The van der Waals surface area contributed by atoms with Gasteiger partial charge in [0.15, 0.2) is 0 Å². The number of nitrogen functional groups attached to an aromatic ring is 1. The predicted molar refractivity (Wildman–Crippen MR) is 86.3 cm³/mol. The zero-order valence-corrected chi connectivity index (χ0v) is 13.2. The average molecular weight is 289 g/mol. The lowest BCUT2D eigenvalue weighted by Crippen LogP contribution is -2.50. The van der Waals surface area contributed by atoms with Crippen LogP contribution in [0, 0.1) is 0 Å². The van der Waals surface area contributed by atoms with Gasteiger partial charge in [0, 0.05) is 44.5 Å². The Hall–Kier alpha value is -1.10. The minimum Gasteiger partial charge on any atom is -0.398 e. The molecule has 3 rings (SSSR count). The Morgan fingerprint density at radius 1 is 1.33 bits per heavy atom. The van der Waals surface area contributed by atoms with Gasteiger partial charge in [-0.1, -0.05) is 12.1 Å². The first-order valence-electron chi connectivity index (χ1n) is 8.07. The van der Waals surface area contributed by atoms with Crippen molar-refractivity contribution in [1.29, 1.82) is 0 Å². The number of rotatable bonds is 3. The molecule has 4 heteroatoms. The molecule has 0 saturated carbocycles. The highest BCUT2D eigenvalue weighted by atomic mass is 16.5. The van der Waals surface area contributed by atoms with Gasteiger partial charge >= 0.3 is 0 Å². The van der Waals surface area contributed by atoms with E-state index in [0.29, 0.717) is 12.1 Å². The number of hydrogen-bond acceptors (Lipinski definition) is 4. The van der Waals surface area contributed by atoms with Crippen LogP contribution in [0.25, 0.3) is 0 Å². The number of ether oxygens (including phenoxy) is 1. The molecule has 2 aliphatic rings. The van der Waals surface area contributed by atoms with Crippen LogP contribution in [-0.2, 0) is 17.7 Å². The summed E-state index contributed by atoms with van der Waals surface area (Å²) < 4.78 is 5.96. The summed E-state index contributed by atoms with van der Waals surface area (Å²) in [6.07, 6.45) is 1.39. The second-order valence-electron chi connectivity index (χ2n) is 6.55. The minimum atomic E-state index is 0.337. The second kappa shape index (κ2) is 6.34. The summed E-state index contributed by atoms with van der Waals surface area (Å²) in [5.74, 6) is 0. The first-order chi connectivity index (χ1) is 10.1. The molecule has 0 aliphatic carbocycles. The summed E-state index contributed by atoms with van der Waals surface area (Å²) in [7, 11) is 0. The molecule has 4 nitrogen and oxygen atoms in total. The molecule has 2 N–H and O–H groups in total. The molecule has 1 atom stereocenters. The van der Waals surface area contributed by atoms with E-state index in [-0.39, 0.29) is 0 Å². The highest BCUT2D eigenvalue weighted by molar-refractivity contribution is 5.51. The molecule has 1 aromatic carbocycles. The molecule has 0 bridgehead atoms. The molecule has 2 heterocycles. The maximum absolute atomic E-state index is 6.07. The van der Waals surface area contributed by atoms with Crippen LogP contribution >= 0.6 is 0 Å². The summed E-state index contributed by atoms with van der Waals surface area (Å²) in [5.41, 5.74) is 9.76. The smallest absolute Gasteiger partial charge is 0.0829 e. The lowest BCUT2D eigenvalue weighted by Gasteiger charge is -2.38. The van der Waals surface area contributed by atoms with Gasteiger partial charge in [-0.25, -0.2) is 0 Å². The molecule has 21 heavy (non-hydrogen) atoms. The van der Waals surface area contributed by atoms with E-state index in [1.165, 1.54) is 11.1 Å². The largest absolute Gasteiger partial charge is 0.398 e. The van der Waals surface area contributed by atoms with Gasteiger partial charge in [0.2, 0.25) is 0 Å². The zero-order chi connectivity index (χ0) is 14.8. The lowest BCUT2D eigenvalue weighted by atomic mass is 9.97. The van der Waals surface area contributed by atoms with Gasteiger partial charge in [0.05, 0.1) is 12.7 Å². The van der Waals surface area contributed by atoms with Crippen molar-refractivity contribution in [2.75, 3.05) is 38.5 Å². The van der Waals surface area contributed by atoms with Gasteiger partial charge in [0.1, 0.15) is 0 Å². The van der Waals surface area contributed by atoms with Crippen LogP contribution in [0.4, 0.5) is 5.69 Å². The van der Waals surface area contributed by atoms with Crippen molar-refractivity contribution < 1.29 is 4.74 Å². The van der Waals surface area contributed by atoms with Crippen LogP contribution in [0.5, 0.6) is 0 Å². The Kier molecular flexibility index (Phi) is 4.48. The van der Waals surface area contributed by atoms with E-state index in [0.717, 1.165) is 51.4 Å². The van der Waals surface area contributed by atoms with Gasteiger partial charge in [0.25, 0.3) is 0 Å². The number of morpholine rings is 1. The van der Waals surface area contributed by atoms with E-state index in [4.69, 9.17) is 10.5 Å². The second-order valence-corrected chi connectivity index (χ2v) is 6.55. The Morgan fingerprint density at radius 2 is 2.19 bits per heavy atom. The van der Waals surface area contributed by atoms with E-state index in [1.54, 1.807) is 0 Å². The fourth-order valence-corrected chi connectivity index (χ4v) is 3.46. The number of hydrogen-bond donors (Lipinski definition) is 1. The van der Waals surface area contributed by atoms with Crippen LogP contribution in [0.2, 0.25) is 0 Å². The van der Waals surface area contributed by atoms with Crippen molar-refractivity contribution in [3.63, 3.8) is 0 Å². The third-order valence-corrected chi connectivity index (χ3v) is 4.74. The minimum absolute atomic E-state index is 0.337. The average Bonchev–Trinajstić information content (AvgIpc) is 2.47. The maximum atomic E-state index is 6.07. The monoisotopic (exact) mass is 289 g/mol. The number of anilines is 1. The third-order valence-electron chi connectivity index (χ3n) is 4.74. The predicted octanol–water partition coefficient (Wildman–Crippen LogP) is 1.74. The highest BCUT2D eigenvalue weighted by Crippen LogP contribution is 2.24. The fraction of sp³-hybridized carbons (Fsp3) is 0.647. The molecule has 1 aromatic rings. The SMILES string of the molecule is CC(C)N1CCOC(CN2CCc3c(N)cccc3C2)C1. The van der Waals surface area contributed by atoms with Gasteiger partial charge in [-0.05, 0) is 37.5 Å². The van der Waals surface area contributed by atoms with Crippen molar-refractivity contribution in [2.24, 2.45) is 0 Å². The Morgan fingerprint density at radius 3 is 3.00 bits per heavy atom. The molecule has 0 amide bonds. The molecule has 0 aromatic heterocycles. The normalized spacial score (nSPS) is 24.2. The van der Waals surface area contributed by atoms with E-state index in [1.807, 2.05) is 6.07 Å². The standard InChI is InChI=1S/C17H27N3O/c1-13(2)20-8-9-21-15(12-20)11-19-7-6-16-14(10-19)4-3-5-17(16)18/h3-5,13,15H,6-12,18H2,1-2H3. The van der Waals surface area contributed by atoms with Crippen molar-refractivity contribution >= 4 is 5.69 Å². The summed E-state index contributed by atoms with van der Waals surface area (Å²) in [4.78, 5) is 5.03. The van der Waals surface area contributed by atoms with Crippen LogP contribution < -0.4 is 5.73 Å². The lowest BCUT2D eigenvalue weighted by molar-refractivity contribution is -0.0535. The third kappa shape index (κ3) is 3.39. The van der Waals surface area contributed by atoms with Crippen LogP contribution in [0.15, 0.2) is 18.2 Å². The topological polar surface area (TPSA) is 41.7 Å². The Bertz CT molecular complexity index is 489. The highest BCUT2D eigenvalue weighted by Gasteiger charge is 2.26.